The molecule has 2 atom stereocenters. The molecular weight excluding hydrogens is 217 g/mol. The first-order valence-corrected chi connectivity index (χ1v) is 6.11. The summed E-state index contributed by atoms with van der Waals surface area (Å²) in [6, 6.07) is 4.38. The van der Waals surface area contributed by atoms with Crippen molar-refractivity contribution in [3.05, 3.63) is 35.1 Å². The quantitative estimate of drug-likeness (QED) is 0.830. The van der Waals surface area contributed by atoms with Crippen molar-refractivity contribution in [2.75, 3.05) is 0 Å². The van der Waals surface area contributed by atoms with Gasteiger partial charge in [0.2, 0.25) is 0 Å². The van der Waals surface area contributed by atoms with Crippen molar-refractivity contribution < 1.29 is 9.50 Å². The lowest BCUT2D eigenvalue weighted by molar-refractivity contribution is 0.128. The molecule has 2 nitrogen and oxygen atoms in total. The second-order valence-electron chi connectivity index (χ2n) is 5.07. The summed E-state index contributed by atoms with van der Waals surface area (Å²) in [6.45, 7) is 5.91. The van der Waals surface area contributed by atoms with Gasteiger partial charge in [0.05, 0.1) is 12.1 Å². The molecule has 17 heavy (non-hydrogen) atoms. The molecule has 0 spiro atoms. The monoisotopic (exact) mass is 239 g/mol. The van der Waals surface area contributed by atoms with Crippen LogP contribution in [0.5, 0.6) is 0 Å². The summed E-state index contributed by atoms with van der Waals surface area (Å²) in [5.74, 6) is 0.264. The minimum atomic E-state index is -0.612. The summed E-state index contributed by atoms with van der Waals surface area (Å²) in [5, 5.41) is 9.93. The molecule has 0 aliphatic heterocycles. The van der Waals surface area contributed by atoms with E-state index in [0.29, 0.717) is 23.5 Å². The van der Waals surface area contributed by atoms with Gasteiger partial charge in [0, 0.05) is 0 Å². The lowest BCUT2D eigenvalue weighted by atomic mass is 9.95. The van der Waals surface area contributed by atoms with E-state index in [4.69, 9.17) is 5.73 Å². The molecule has 0 heterocycles. The number of aryl methyl sites for hydroxylation is 1. The standard InChI is InChI=1S/C14H22FNO/c1-9(2)4-7-13(17)14(16)11-6-5-10(3)12(15)8-11/h5-6,8-9,13-14,17H,4,7,16H2,1-3H3/t13-,14+/m1/s1. The van der Waals surface area contributed by atoms with E-state index in [1.165, 1.54) is 6.07 Å². The molecule has 0 saturated heterocycles. The minimum Gasteiger partial charge on any atom is -0.391 e. The highest BCUT2D eigenvalue weighted by Crippen LogP contribution is 2.21. The molecule has 3 N–H and O–H groups in total. The normalized spacial score (nSPS) is 15.0. The SMILES string of the molecule is Cc1ccc([C@H](N)[C@H](O)CCC(C)C)cc1F. The van der Waals surface area contributed by atoms with E-state index in [1.807, 2.05) is 0 Å². The first-order valence-electron chi connectivity index (χ1n) is 6.11. The summed E-state index contributed by atoms with van der Waals surface area (Å²) in [5.41, 5.74) is 7.18. The van der Waals surface area contributed by atoms with Crippen LogP contribution < -0.4 is 5.73 Å². The third kappa shape index (κ3) is 4.10. The Bertz CT molecular complexity index is 365. The molecule has 3 heteroatoms. The fourth-order valence-electron chi connectivity index (χ4n) is 1.72. The average molecular weight is 239 g/mol. The molecule has 0 aliphatic carbocycles. The van der Waals surface area contributed by atoms with E-state index in [0.717, 1.165) is 6.42 Å². The predicted octanol–water partition coefficient (Wildman–Crippen LogP) is 2.93. The Hall–Kier alpha value is -0.930. The molecule has 0 radical (unpaired) electrons. The fourth-order valence-corrected chi connectivity index (χ4v) is 1.72. The van der Waals surface area contributed by atoms with E-state index in [2.05, 4.69) is 13.8 Å². The second-order valence-corrected chi connectivity index (χ2v) is 5.07. The van der Waals surface area contributed by atoms with E-state index in [9.17, 15) is 9.50 Å². The first-order chi connectivity index (χ1) is 7.91. The zero-order chi connectivity index (χ0) is 13.0. The third-order valence-electron chi connectivity index (χ3n) is 3.04. The maximum Gasteiger partial charge on any atom is 0.126 e. The summed E-state index contributed by atoms with van der Waals surface area (Å²) in [7, 11) is 0. The number of rotatable bonds is 5. The van der Waals surface area contributed by atoms with Crippen LogP contribution in [0.4, 0.5) is 4.39 Å². The van der Waals surface area contributed by atoms with Crippen molar-refractivity contribution in [3.8, 4) is 0 Å². The van der Waals surface area contributed by atoms with Gasteiger partial charge in [-0.3, -0.25) is 0 Å². The molecule has 0 saturated carbocycles. The number of aliphatic hydroxyl groups excluding tert-OH is 1. The highest BCUT2D eigenvalue weighted by atomic mass is 19.1. The van der Waals surface area contributed by atoms with E-state index in [-0.39, 0.29) is 5.82 Å². The van der Waals surface area contributed by atoms with Crippen molar-refractivity contribution in [2.45, 2.75) is 45.8 Å². The molecule has 0 fully saturated rings. The second kappa shape index (κ2) is 6.12. The molecule has 0 amide bonds. The van der Waals surface area contributed by atoms with Crippen LogP contribution in [0, 0.1) is 18.7 Å². The van der Waals surface area contributed by atoms with Gasteiger partial charge in [0.15, 0.2) is 0 Å². The van der Waals surface area contributed by atoms with Gasteiger partial charge in [-0.1, -0.05) is 26.0 Å². The van der Waals surface area contributed by atoms with Crippen molar-refractivity contribution in [1.82, 2.24) is 0 Å². The van der Waals surface area contributed by atoms with Gasteiger partial charge in [-0.25, -0.2) is 4.39 Å². The molecule has 96 valence electrons. The van der Waals surface area contributed by atoms with Crippen LogP contribution >= 0.6 is 0 Å². The minimum absolute atomic E-state index is 0.269. The van der Waals surface area contributed by atoms with Gasteiger partial charge in [0.25, 0.3) is 0 Å². The smallest absolute Gasteiger partial charge is 0.126 e. The zero-order valence-electron chi connectivity index (χ0n) is 10.8. The summed E-state index contributed by atoms with van der Waals surface area (Å²) in [6.07, 6.45) is 0.955. The molecule has 0 bridgehead atoms. The van der Waals surface area contributed by atoms with Crippen LogP contribution in [-0.4, -0.2) is 11.2 Å². The van der Waals surface area contributed by atoms with E-state index < -0.39 is 12.1 Å². The molecule has 1 rings (SSSR count). The maximum absolute atomic E-state index is 13.4. The Morgan fingerprint density at radius 2 is 1.94 bits per heavy atom. The Morgan fingerprint density at radius 3 is 2.47 bits per heavy atom. The van der Waals surface area contributed by atoms with Gasteiger partial charge < -0.3 is 10.8 Å². The van der Waals surface area contributed by atoms with Gasteiger partial charge in [-0.05, 0) is 42.9 Å². The highest BCUT2D eigenvalue weighted by Gasteiger charge is 2.17. The molecule has 0 unspecified atom stereocenters. The summed E-state index contributed by atoms with van der Waals surface area (Å²) < 4.78 is 13.4. The number of halogens is 1. The molecule has 1 aromatic rings. The number of nitrogens with two attached hydrogens (primary N) is 1. The van der Waals surface area contributed by atoms with Gasteiger partial charge >= 0.3 is 0 Å². The van der Waals surface area contributed by atoms with Crippen molar-refractivity contribution >= 4 is 0 Å². The van der Waals surface area contributed by atoms with Crippen LogP contribution in [0.25, 0.3) is 0 Å². The number of aliphatic hydroxyl groups is 1. The summed E-state index contributed by atoms with van der Waals surface area (Å²) >= 11 is 0. The molecule has 0 aliphatic rings. The van der Waals surface area contributed by atoms with Crippen LogP contribution in [0.3, 0.4) is 0 Å². The number of benzene rings is 1. The van der Waals surface area contributed by atoms with Crippen LogP contribution in [0.1, 0.15) is 43.9 Å². The first kappa shape index (κ1) is 14.1. The topological polar surface area (TPSA) is 46.2 Å². The lowest BCUT2D eigenvalue weighted by Gasteiger charge is -2.20. The Balaban J connectivity index is 2.67. The predicted molar refractivity (Wildman–Crippen MR) is 68.1 cm³/mol. The Morgan fingerprint density at radius 1 is 1.29 bits per heavy atom. The maximum atomic E-state index is 13.4. The van der Waals surface area contributed by atoms with E-state index in [1.54, 1.807) is 19.1 Å². The molecular formula is C14H22FNO. The van der Waals surface area contributed by atoms with Gasteiger partial charge in [-0.2, -0.15) is 0 Å². The number of hydrogen-bond acceptors (Lipinski definition) is 2. The van der Waals surface area contributed by atoms with Crippen LogP contribution in [0.2, 0.25) is 0 Å². The molecule has 1 aromatic carbocycles. The van der Waals surface area contributed by atoms with E-state index >= 15 is 0 Å². The van der Waals surface area contributed by atoms with Crippen molar-refractivity contribution in [2.24, 2.45) is 11.7 Å². The Labute approximate surface area is 103 Å². The largest absolute Gasteiger partial charge is 0.391 e. The van der Waals surface area contributed by atoms with Crippen molar-refractivity contribution in [3.63, 3.8) is 0 Å². The Kier molecular flexibility index (Phi) is 5.09. The van der Waals surface area contributed by atoms with Crippen LogP contribution in [-0.2, 0) is 0 Å². The number of hydrogen-bond donors (Lipinski definition) is 2. The highest BCUT2D eigenvalue weighted by molar-refractivity contribution is 5.26. The fraction of sp³-hybridized carbons (Fsp3) is 0.571. The molecule has 0 aromatic heterocycles. The van der Waals surface area contributed by atoms with Gasteiger partial charge in [0.1, 0.15) is 5.82 Å². The average Bonchev–Trinajstić information content (AvgIpc) is 2.28. The van der Waals surface area contributed by atoms with Crippen LogP contribution in [0.15, 0.2) is 18.2 Å². The third-order valence-corrected chi connectivity index (χ3v) is 3.04. The summed E-state index contributed by atoms with van der Waals surface area (Å²) in [4.78, 5) is 0. The van der Waals surface area contributed by atoms with Crippen molar-refractivity contribution in [1.29, 1.82) is 0 Å². The lowest BCUT2D eigenvalue weighted by Crippen LogP contribution is -2.26. The zero-order valence-corrected chi connectivity index (χ0v) is 10.8. The van der Waals surface area contributed by atoms with Gasteiger partial charge in [-0.15, -0.1) is 0 Å².